The lowest BCUT2D eigenvalue weighted by molar-refractivity contribution is -0.117. The van der Waals surface area contributed by atoms with Crippen LogP contribution in [-0.2, 0) is 9.53 Å². The zero-order valence-corrected chi connectivity index (χ0v) is 14.5. The second-order valence-corrected chi connectivity index (χ2v) is 6.23. The molecule has 1 saturated heterocycles. The fourth-order valence-electron chi connectivity index (χ4n) is 2.33. The van der Waals surface area contributed by atoms with E-state index in [1.54, 1.807) is 17.0 Å². The van der Waals surface area contributed by atoms with E-state index >= 15 is 0 Å². The van der Waals surface area contributed by atoms with E-state index in [-0.39, 0.29) is 11.9 Å². The van der Waals surface area contributed by atoms with Gasteiger partial charge in [-0.25, -0.2) is 4.79 Å². The van der Waals surface area contributed by atoms with Crippen LogP contribution in [0.25, 0.3) is 0 Å². The third-order valence-electron chi connectivity index (χ3n) is 3.49. The molecular formula is C14H15Br2NO3. The number of anilines is 1. The van der Waals surface area contributed by atoms with Crippen LogP contribution in [0.5, 0.6) is 0 Å². The summed E-state index contributed by atoms with van der Waals surface area (Å²) in [4.78, 5) is 25.5. The van der Waals surface area contributed by atoms with Gasteiger partial charge in [-0.1, -0.05) is 15.9 Å². The summed E-state index contributed by atoms with van der Waals surface area (Å²) in [6, 6.07) is 3.49. The van der Waals surface area contributed by atoms with Crippen LogP contribution >= 0.6 is 31.9 Å². The van der Waals surface area contributed by atoms with Crippen LogP contribution in [-0.4, -0.2) is 30.9 Å². The summed E-state index contributed by atoms with van der Waals surface area (Å²) in [5, 5.41) is 0.812. The van der Waals surface area contributed by atoms with Crippen molar-refractivity contribution >= 4 is 49.4 Å². The number of carbonyl (C=O) groups is 2. The van der Waals surface area contributed by atoms with Crippen LogP contribution in [0.2, 0.25) is 0 Å². The van der Waals surface area contributed by atoms with E-state index in [0.717, 1.165) is 21.1 Å². The normalized spacial score (nSPS) is 18.5. The first-order chi connectivity index (χ1) is 9.49. The van der Waals surface area contributed by atoms with Crippen molar-refractivity contribution in [3.63, 3.8) is 0 Å². The van der Waals surface area contributed by atoms with Gasteiger partial charge in [0, 0.05) is 22.8 Å². The van der Waals surface area contributed by atoms with Crippen LogP contribution < -0.4 is 4.90 Å². The van der Waals surface area contributed by atoms with Gasteiger partial charge in [-0.15, -0.1) is 0 Å². The number of rotatable bonds is 3. The number of methoxy groups -OCH3 is 1. The summed E-state index contributed by atoms with van der Waals surface area (Å²) in [5.41, 5.74) is 2.10. The van der Waals surface area contributed by atoms with Crippen LogP contribution in [0, 0.1) is 12.8 Å². The van der Waals surface area contributed by atoms with Crippen LogP contribution in [0.4, 0.5) is 5.69 Å². The molecule has 0 aromatic heterocycles. The van der Waals surface area contributed by atoms with Crippen LogP contribution in [0.3, 0.4) is 0 Å². The van der Waals surface area contributed by atoms with Crippen molar-refractivity contribution in [3.05, 3.63) is 27.7 Å². The fraction of sp³-hybridized carbons (Fsp3) is 0.429. The number of halogens is 2. The smallest absolute Gasteiger partial charge is 0.338 e. The summed E-state index contributed by atoms with van der Waals surface area (Å²) in [6.45, 7) is 2.53. The molecule has 20 heavy (non-hydrogen) atoms. The predicted molar refractivity (Wildman–Crippen MR) is 84.5 cm³/mol. The monoisotopic (exact) mass is 403 g/mol. The number of nitrogens with zero attached hydrogens (tertiary/aromatic N) is 1. The highest BCUT2D eigenvalue weighted by Gasteiger charge is 2.31. The van der Waals surface area contributed by atoms with Crippen molar-refractivity contribution < 1.29 is 14.3 Å². The summed E-state index contributed by atoms with van der Waals surface area (Å²) in [6.07, 6.45) is 0.551. The molecule has 1 amide bonds. The van der Waals surface area contributed by atoms with Gasteiger partial charge in [-0.3, -0.25) is 4.79 Å². The summed E-state index contributed by atoms with van der Waals surface area (Å²) in [5.74, 6) is 0.0659. The molecule has 1 aliphatic heterocycles. The average Bonchev–Trinajstić information content (AvgIpc) is 2.82. The SMILES string of the molecule is COC(=O)c1ccc(N2CC(CBr)CC2=O)c(Br)c1C. The Balaban J connectivity index is 2.37. The summed E-state index contributed by atoms with van der Waals surface area (Å²) >= 11 is 6.92. The molecule has 1 aromatic carbocycles. The second kappa shape index (κ2) is 6.26. The molecule has 1 aromatic rings. The number of hydrogen-bond donors (Lipinski definition) is 0. The quantitative estimate of drug-likeness (QED) is 0.573. The number of ether oxygens (including phenoxy) is 1. The van der Waals surface area contributed by atoms with E-state index in [1.807, 2.05) is 6.92 Å². The largest absolute Gasteiger partial charge is 0.465 e. The molecule has 0 bridgehead atoms. The van der Waals surface area contributed by atoms with Crippen LogP contribution in [0.1, 0.15) is 22.3 Å². The van der Waals surface area contributed by atoms with E-state index < -0.39 is 0 Å². The minimum absolute atomic E-state index is 0.111. The molecule has 4 nitrogen and oxygen atoms in total. The van der Waals surface area contributed by atoms with Gasteiger partial charge in [0.2, 0.25) is 5.91 Å². The zero-order valence-electron chi connectivity index (χ0n) is 11.3. The Labute approximate surface area is 134 Å². The molecule has 1 atom stereocenters. The lowest BCUT2D eigenvalue weighted by atomic mass is 10.1. The lowest BCUT2D eigenvalue weighted by Crippen LogP contribution is -2.25. The van der Waals surface area contributed by atoms with Gasteiger partial charge in [0.05, 0.1) is 18.4 Å². The molecule has 0 saturated carbocycles. The molecule has 0 N–H and O–H groups in total. The van der Waals surface area contributed by atoms with E-state index in [4.69, 9.17) is 4.74 Å². The average molecular weight is 405 g/mol. The minimum Gasteiger partial charge on any atom is -0.465 e. The lowest BCUT2D eigenvalue weighted by Gasteiger charge is -2.20. The van der Waals surface area contributed by atoms with Gasteiger partial charge in [0.1, 0.15) is 0 Å². The first-order valence-corrected chi connectivity index (χ1v) is 8.14. The Morgan fingerprint density at radius 2 is 2.20 bits per heavy atom. The molecule has 1 unspecified atom stereocenters. The first kappa shape index (κ1) is 15.5. The maximum Gasteiger partial charge on any atom is 0.338 e. The van der Waals surface area contributed by atoms with Crippen molar-refractivity contribution in [2.75, 3.05) is 23.9 Å². The van der Waals surface area contributed by atoms with Gasteiger partial charge >= 0.3 is 5.97 Å². The third-order valence-corrected chi connectivity index (χ3v) is 5.40. The number of hydrogen-bond acceptors (Lipinski definition) is 3. The zero-order chi connectivity index (χ0) is 14.9. The number of alkyl halides is 1. The number of esters is 1. The first-order valence-electron chi connectivity index (χ1n) is 6.23. The maximum absolute atomic E-state index is 12.1. The highest BCUT2D eigenvalue weighted by Crippen LogP contribution is 2.35. The van der Waals surface area contributed by atoms with Crippen molar-refractivity contribution in [1.82, 2.24) is 0 Å². The number of amides is 1. The molecular weight excluding hydrogens is 390 g/mol. The Bertz CT molecular complexity index is 560. The van der Waals surface area contributed by atoms with Crippen molar-refractivity contribution in [2.24, 2.45) is 5.92 Å². The summed E-state index contributed by atoms with van der Waals surface area (Å²) < 4.78 is 5.51. The molecule has 2 rings (SSSR count). The standard InChI is InChI=1S/C14H15Br2NO3/c1-8-10(14(19)20-2)3-4-11(13(8)16)17-7-9(6-15)5-12(17)18/h3-4,9H,5-7H2,1-2H3. The molecule has 108 valence electrons. The Kier molecular flexibility index (Phi) is 4.86. The highest BCUT2D eigenvalue weighted by molar-refractivity contribution is 9.10. The molecule has 1 fully saturated rings. The molecule has 6 heteroatoms. The topological polar surface area (TPSA) is 46.6 Å². The van der Waals surface area contributed by atoms with Crippen molar-refractivity contribution in [3.8, 4) is 0 Å². The molecule has 0 radical (unpaired) electrons. The van der Waals surface area contributed by atoms with Gasteiger partial charge in [-0.05, 0) is 46.5 Å². The van der Waals surface area contributed by atoms with E-state index in [1.165, 1.54) is 7.11 Å². The molecule has 1 heterocycles. The third kappa shape index (κ3) is 2.76. The highest BCUT2D eigenvalue weighted by atomic mass is 79.9. The number of benzene rings is 1. The summed E-state index contributed by atoms with van der Waals surface area (Å²) in [7, 11) is 1.36. The fourth-order valence-corrected chi connectivity index (χ4v) is 3.32. The number of carbonyl (C=O) groups excluding carboxylic acids is 2. The van der Waals surface area contributed by atoms with Gasteiger partial charge < -0.3 is 9.64 Å². The Morgan fingerprint density at radius 3 is 2.75 bits per heavy atom. The molecule has 0 spiro atoms. The van der Waals surface area contributed by atoms with Crippen LogP contribution in [0.15, 0.2) is 16.6 Å². The van der Waals surface area contributed by atoms with E-state index in [0.29, 0.717) is 24.4 Å². The Morgan fingerprint density at radius 1 is 1.50 bits per heavy atom. The van der Waals surface area contributed by atoms with Gasteiger partial charge in [-0.2, -0.15) is 0 Å². The van der Waals surface area contributed by atoms with Crippen molar-refractivity contribution in [1.29, 1.82) is 0 Å². The minimum atomic E-state index is -0.374. The second-order valence-electron chi connectivity index (χ2n) is 4.79. The predicted octanol–water partition coefficient (Wildman–Crippen LogP) is 3.29. The van der Waals surface area contributed by atoms with E-state index in [9.17, 15) is 9.59 Å². The molecule has 1 aliphatic rings. The van der Waals surface area contributed by atoms with Crippen molar-refractivity contribution in [2.45, 2.75) is 13.3 Å². The maximum atomic E-state index is 12.1. The molecule has 0 aliphatic carbocycles. The Hall–Kier alpha value is -0.880. The van der Waals surface area contributed by atoms with Gasteiger partial charge in [0.15, 0.2) is 0 Å². The van der Waals surface area contributed by atoms with E-state index in [2.05, 4.69) is 31.9 Å². The van der Waals surface area contributed by atoms with Gasteiger partial charge in [0.25, 0.3) is 0 Å².